The maximum atomic E-state index is 12.5. The number of hydrogen-bond donors (Lipinski definition) is 1. The highest BCUT2D eigenvalue weighted by Crippen LogP contribution is 2.23. The Kier molecular flexibility index (Phi) is 5.38. The van der Waals surface area contributed by atoms with Gasteiger partial charge in [0.05, 0.1) is 5.88 Å². The molecule has 0 unspecified atom stereocenters. The smallest absolute Gasteiger partial charge is 0.350 e. The zero-order chi connectivity index (χ0) is 13.9. The third-order valence-corrected chi connectivity index (χ3v) is 2.39. The Morgan fingerprint density at radius 1 is 1.29 bits per heavy atom. The molecule has 0 aliphatic carbocycles. The zero-order valence-corrected chi connectivity index (χ0v) is 9.95. The van der Waals surface area contributed by atoms with E-state index in [1.54, 1.807) is 5.32 Å². The maximum absolute atomic E-state index is 12.5. The van der Waals surface area contributed by atoms with E-state index in [4.69, 9.17) is 11.6 Å². The molecular formula is C9H12ClF4NO2. The van der Waals surface area contributed by atoms with Crippen LogP contribution in [0, 0.1) is 5.41 Å². The average Bonchev–Trinajstić information content (AvgIpc) is 2.24. The molecule has 0 aliphatic rings. The largest absolute Gasteiger partial charge is 0.383 e. The van der Waals surface area contributed by atoms with Gasteiger partial charge in [0.2, 0.25) is 0 Å². The van der Waals surface area contributed by atoms with Gasteiger partial charge in [-0.2, -0.15) is 8.78 Å². The molecule has 0 rings (SSSR count). The summed E-state index contributed by atoms with van der Waals surface area (Å²) in [4.78, 5) is 22.0. The third-order valence-electron chi connectivity index (χ3n) is 2.14. The molecule has 8 heteroatoms. The van der Waals surface area contributed by atoms with E-state index in [0.29, 0.717) is 0 Å². The lowest BCUT2D eigenvalue weighted by molar-refractivity contribution is -0.169. The second-order valence-electron chi connectivity index (χ2n) is 4.05. The Bertz CT molecular complexity index is 307. The Morgan fingerprint density at radius 2 is 1.76 bits per heavy atom. The quantitative estimate of drug-likeness (QED) is 0.595. The number of rotatable bonds is 6. The van der Waals surface area contributed by atoms with Gasteiger partial charge in [0, 0.05) is 12.0 Å². The first-order chi connectivity index (χ1) is 7.55. The molecule has 0 atom stereocenters. The molecule has 0 fully saturated rings. The van der Waals surface area contributed by atoms with Crippen LogP contribution in [0.15, 0.2) is 0 Å². The van der Waals surface area contributed by atoms with Crippen molar-refractivity contribution < 1.29 is 27.2 Å². The molecule has 3 nitrogen and oxygen atoms in total. The number of carbonyl (C=O) groups is 2. The van der Waals surface area contributed by atoms with Crippen molar-refractivity contribution in [2.75, 3.05) is 12.4 Å². The monoisotopic (exact) mass is 277 g/mol. The third kappa shape index (κ3) is 4.14. The van der Waals surface area contributed by atoms with Crippen LogP contribution in [0.25, 0.3) is 0 Å². The lowest BCUT2D eigenvalue weighted by atomic mass is 9.89. The first-order valence-electron chi connectivity index (χ1n) is 4.59. The molecule has 0 aromatic heterocycles. The summed E-state index contributed by atoms with van der Waals surface area (Å²) in [6.45, 7) is 2.23. The molecule has 100 valence electrons. The van der Waals surface area contributed by atoms with Gasteiger partial charge in [0.1, 0.15) is 0 Å². The van der Waals surface area contributed by atoms with Gasteiger partial charge < -0.3 is 5.32 Å². The highest BCUT2D eigenvalue weighted by molar-refractivity contribution is 6.28. The van der Waals surface area contributed by atoms with Crippen LogP contribution < -0.4 is 5.32 Å². The summed E-state index contributed by atoms with van der Waals surface area (Å²) in [6.07, 6.45) is -4.09. The Balaban J connectivity index is 4.50. The van der Waals surface area contributed by atoms with E-state index in [1.807, 2.05) is 0 Å². The topological polar surface area (TPSA) is 46.2 Å². The molecule has 0 spiro atoms. The maximum Gasteiger partial charge on any atom is 0.383 e. The van der Waals surface area contributed by atoms with Gasteiger partial charge in [-0.15, -0.1) is 11.6 Å². The van der Waals surface area contributed by atoms with Crippen molar-refractivity contribution in [2.45, 2.75) is 26.2 Å². The number of alkyl halides is 5. The molecular weight excluding hydrogens is 266 g/mol. The van der Waals surface area contributed by atoms with Crippen LogP contribution in [0.5, 0.6) is 0 Å². The normalized spacial score (nSPS) is 12.7. The highest BCUT2D eigenvalue weighted by atomic mass is 35.5. The van der Waals surface area contributed by atoms with Crippen molar-refractivity contribution in [3.8, 4) is 0 Å². The van der Waals surface area contributed by atoms with E-state index in [0.717, 1.165) is 0 Å². The average molecular weight is 278 g/mol. The fourth-order valence-electron chi connectivity index (χ4n) is 0.798. The molecule has 0 bridgehead atoms. The standard InChI is InChI=1S/C9H12ClF4NO2/c1-8(2,5(16)3-10)4-15-7(17)9(13,14)6(11)12/h6H,3-4H2,1-2H3,(H,15,17). The fraction of sp³-hybridized carbons (Fsp3) is 0.778. The summed E-state index contributed by atoms with van der Waals surface area (Å²) in [7, 11) is 0. The van der Waals surface area contributed by atoms with Crippen LogP contribution in [-0.4, -0.2) is 36.5 Å². The minimum Gasteiger partial charge on any atom is -0.350 e. The highest BCUT2D eigenvalue weighted by Gasteiger charge is 2.49. The lowest BCUT2D eigenvalue weighted by Crippen LogP contribution is -2.49. The Labute approximate surface area is 100 Å². The van der Waals surface area contributed by atoms with Crippen LogP contribution in [-0.2, 0) is 9.59 Å². The first kappa shape index (κ1) is 16.1. The van der Waals surface area contributed by atoms with Crippen molar-refractivity contribution in [3.63, 3.8) is 0 Å². The number of amides is 1. The number of Topliss-reactive ketones (excluding diaryl/α,β-unsaturated/α-hetero) is 1. The fourth-order valence-corrected chi connectivity index (χ4v) is 1.16. The molecule has 0 aromatic rings. The molecule has 0 heterocycles. The van der Waals surface area contributed by atoms with E-state index in [2.05, 4.69) is 0 Å². The predicted octanol–water partition coefficient (Wildman–Crippen LogP) is 1.84. The van der Waals surface area contributed by atoms with Crippen LogP contribution in [0.1, 0.15) is 13.8 Å². The molecule has 17 heavy (non-hydrogen) atoms. The Morgan fingerprint density at radius 3 is 2.12 bits per heavy atom. The van der Waals surface area contributed by atoms with E-state index in [-0.39, 0.29) is 5.88 Å². The summed E-state index contributed by atoms with van der Waals surface area (Å²) in [6, 6.07) is 0. The van der Waals surface area contributed by atoms with E-state index in [1.165, 1.54) is 13.8 Å². The van der Waals surface area contributed by atoms with Gasteiger partial charge in [0.25, 0.3) is 5.91 Å². The summed E-state index contributed by atoms with van der Waals surface area (Å²) in [5, 5.41) is 1.61. The van der Waals surface area contributed by atoms with Gasteiger partial charge >= 0.3 is 12.3 Å². The van der Waals surface area contributed by atoms with E-state index >= 15 is 0 Å². The summed E-state index contributed by atoms with van der Waals surface area (Å²) >= 11 is 5.26. The van der Waals surface area contributed by atoms with Gasteiger partial charge in [-0.05, 0) is 0 Å². The predicted molar refractivity (Wildman–Crippen MR) is 53.5 cm³/mol. The van der Waals surface area contributed by atoms with Crippen LogP contribution in [0.4, 0.5) is 17.6 Å². The number of halogens is 5. The SMILES string of the molecule is CC(C)(CNC(=O)C(F)(F)C(F)F)C(=O)CCl. The molecule has 0 aliphatic heterocycles. The molecule has 0 radical (unpaired) electrons. The minimum atomic E-state index is -4.76. The lowest BCUT2D eigenvalue weighted by Gasteiger charge is -2.23. The number of carbonyl (C=O) groups excluding carboxylic acids is 2. The van der Waals surface area contributed by atoms with Gasteiger partial charge in [-0.25, -0.2) is 8.78 Å². The van der Waals surface area contributed by atoms with E-state index < -0.39 is 36.0 Å². The number of ketones is 1. The molecule has 1 amide bonds. The number of hydrogen-bond acceptors (Lipinski definition) is 2. The second-order valence-corrected chi connectivity index (χ2v) is 4.31. The summed E-state index contributed by atoms with van der Waals surface area (Å²) in [5.74, 6) is -7.71. The Hall–Kier alpha value is -0.850. The van der Waals surface area contributed by atoms with Crippen molar-refractivity contribution in [3.05, 3.63) is 0 Å². The van der Waals surface area contributed by atoms with Crippen LogP contribution in [0.2, 0.25) is 0 Å². The summed E-state index contributed by atoms with van der Waals surface area (Å²) < 4.78 is 48.7. The van der Waals surface area contributed by atoms with E-state index in [9.17, 15) is 27.2 Å². The van der Waals surface area contributed by atoms with Crippen molar-refractivity contribution >= 4 is 23.3 Å². The minimum absolute atomic E-state index is 0.353. The molecule has 0 aromatic carbocycles. The van der Waals surface area contributed by atoms with Gasteiger partial charge in [-0.1, -0.05) is 13.8 Å². The van der Waals surface area contributed by atoms with Crippen LogP contribution in [0.3, 0.4) is 0 Å². The first-order valence-corrected chi connectivity index (χ1v) is 5.12. The molecule has 0 saturated carbocycles. The van der Waals surface area contributed by atoms with Crippen molar-refractivity contribution in [2.24, 2.45) is 5.41 Å². The zero-order valence-electron chi connectivity index (χ0n) is 9.20. The van der Waals surface area contributed by atoms with Crippen molar-refractivity contribution in [1.29, 1.82) is 0 Å². The molecule has 0 saturated heterocycles. The van der Waals surface area contributed by atoms with Crippen molar-refractivity contribution in [1.82, 2.24) is 5.32 Å². The second kappa shape index (κ2) is 5.66. The molecule has 1 N–H and O–H groups in total. The van der Waals surface area contributed by atoms with Gasteiger partial charge in [-0.3, -0.25) is 9.59 Å². The van der Waals surface area contributed by atoms with Crippen LogP contribution >= 0.6 is 11.6 Å². The van der Waals surface area contributed by atoms with Gasteiger partial charge in [0.15, 0.2) is 5.78 Å². The summed E-state index contributed by atoms with van der Waals surface area (Å²) in [5.41, 5.74) is -1.18. The number of nitrogens with one attached hydrogen (secondary N) is 1.